The highest BCUT2D eigenvalue weighted by Crippen LogP contribution is 2.37. The molecule has 2 N–H and O–H groups in total. The van der Waals surface area contributed by atoms with Crippen LogP contribution in [0.3, 0.4) is 0 Å². The predicted molar refractivity (Wildman–Crippen MR) is 70.0 cm³/mol. The maximum absolute atomic E-state index is 13.1. The number of ether oxygens (including phenoxy) is 1. The summed E-state index contributed by atoms with van der Waals surface area (Å²) >= 11 is 9.22. The third kappa shape index (κ3) is 2.70. The molecule has 0 heterocycles. The Balaban J connectivity index is 2.41. The SMILES string of the molecule is Nc1cccc(Cl)c1Oc1cc(F)ccc1Br. The highest BCUT2D eigenvalue weighted by molar-refractivity contribution is 9.10. The van der Waals surface area contributed by atoms with Crippen LogP contribution in [0.1, 0.15) is 0 Å². The Morgan fingerprint density at radius 3 is 2.71 bits per heavy atom. The van der Waals surface area contributed by atoms with Crippen LogP contribution in [0.4, 0.5) is 10.1 Å². The van der Waals surface area contributed by atoms with Crippen molar-refractivity contribution in [2.75, 3.05) is 5.73 Å². The third-order valence-corrected chi connectivity index (χ3v) is 3.06. The number of para-hydroxylation sites is 1. The lowest BCUT2D eigenvalue weighted by atomic mass is 10.3. The second-order valence-corrected chi connectivity index (χ2v) is 4.60. The van der Waals surface area contributed by atoms with Crippen molar-refractivity contribution in [1.29, 1.82) is 0 Å². The molecule has 0 amide bonds. The molecule has 0 saturated heterocycles. The van der Waals surface area contributed by atoms with Gasteiger partial charge in [-0.1, -0.05) is 17.7 Å². The number of anilines is 1. The Morgan fingerprint density at radius 1 is 1.24 bits per heavy atom. The Hall–Kier alpha value is -1.26. The number of hydrogen-bond donors (Lipinski definition) is 1. The van der Waals surface area contributed by atoms with Gasteiger partial charge in [-0.25, -0.2) is 4.39 Å². The van der Waals surface area contributed by atoms with Crippen molar-refractivity contribution in [1.82, 2.24) is 0 Å². The van der Waals surface area contributed by atoms with Crippen LogP contribution in [0.25, 0.3) is 0 Å². The van der Waals surface area contributed by atoms with Gasteiger partial charge in [-0.3, -0.25) is 0 Å². The monoisotopic (exact) mass is 315 g/mol. The summed E-state index contributed by atoms with van der Waals surface area (Å²) in [6, 6.07) is 9.16. The molecule has 0 radical (unpaired) electrons. The Bertz CT molecular complexity index is 542. The van der Waals surface area contributed by atoms with E-state index in [-0.39, 0.29) is 0 Å². The molecule has 0 bridgehead atoms. The number of hydrogen-bond acceptors (Lipinski definition) is 2. The molecule has 0 atom stereocenters. The largest absolute Gasteiger partial charge is 0.452 e. The molecular formula is C12H8BrClFNO. The molecule has 88 valence electrons. The summed E-state index contributed by atoms with van der Waals surface area (Å²) < 4.78 is 19.2. The minimum atomic E-state index is -0.395. The van der Waals surface area contributed by atoms with Crippen LogP contribution in [0.5, 0.6) is 11.5 Å². The lowest BCUT2D eigenvalue weighted by molar-refractivity contribution is 0.476. The lowest BCUT2D eigenvalue weighted by Crippen LogP contribution is -1.93. The van der Waals surface area contributed by atoms with Gasteiger partial charge in [0.05, 0.1) is 15.2 Å². The van der Waals surface area contributed by atoms with Gasteiger partial charge >= 0.3 is 0 Å². The number of nitrogen functional groups attached to an aromatic ring is 1. The minimum Gasteiger partial charge on any atom is -0.452 e. The van der Waals surface area contributed by atoms with E-state index in [2.05, 4.69) is 15.9 Å². The van der Waals surface area contributed by atoms with Crippen LogP contribution in [-0.2, 0) is 0 Å². The molecule has 2 nitrogen and oxygen atoms in total. The van der Waals surface area contributed by atoms with E-state index in [1.54, 1.807) is 24.3 Å². The van der Waals surface area contributed by atoms with Crippen LogP contribution in [-0.4, -0.2) is 0 Å². The van der Waals surface area contributed by atoms with Crippen molar-refractivity contribution in [3.63, 3.8) is 0 Å². The average molecular weight is 317 g/mol. The molecule has 0 aliphatic rings. The number of nitrogens with two attached hydrogens (primary N) is 1. The van der Waals surface area contributed by atoms with E-state index < -0.39 is 5.82 Å². The second kappa shape index (κ2) is 4.94. The Kier molecular flexibility index (Phi) is 3.54. The molecular weight excluding hydrogens is 308 g/mol. The van der Waals surface area contributed by atoms with Gasteiger partial charge in [0.25, 0.3) is 0 Å². The molecule has 17 heavy (non-hydrogen) atoms. The van der Waals surface area contributed by atoms with Gasteiger partial charge in [0.2, 0.25) is 0 Å². The maximum Gasteiger partial charge on any atom is 0.168 e. The van der Waals surface area contributed by atoms with E-state index >= 15 is 0 Å². The number of halogens is 3. The summed E-state index contributed by atoms with van der Waals surface area (Å²) in [6.07, 6.45) is 0. The molecule has 0 fully saturated rings. The summed E-state index contributed by atoms with van der Waals surface area (Å²) in [4.78, 5) is 0. The third-order valence-electron chi connectivity index (χ3n) is 2.10. The van der Waals surface area contributed by atoms with Crippen LogP contribution in [0, 0.1) is 5.82 Å². The summed E-state index contributed by atoms with van der Waals surface area (Å²) in [5.41, 5.74) is 6.14. The van der Waals surface area contributed by atoms with Crippen molar-refractivity contribution in [3.05, 3.63) is 51.7 Å². The molecule has 0 saturated carbocycles. The fraction of sp³-hybridized carbons (Fsp3) is 0. The molecule has 2 aromatic carbocycles. The second-order valence-electron chi connectivity index (χ2n) is 3.33. The zero-order chi connectivity index (χ0) is 12.4. The lowest BCUT2D eigenvalue weighted by Gasteiger charge is -2.11. The van der Waals surface area contributed by atoms with Gasteiger partial charge in [0.1, 0.15) is 11.6 Å². The first-order valence-electron chi connectivity index (χ1n) is 4.75. The standard InChI is InChI=1S/C12H8BrClFNO/c13-8-5-4-7(15)6-11(8)17-12-9(14)2-1-3-10(12)16/h1-6H,16H2. The topological polar surface area (TPSA) is 35.2 Å². The van der Waals surface area contributed by atoms with E-state index in [4.69, 9.17) is 22.1 Å². The van der Waals surface area contributed by atoms with E-state index in [0.29, 0.717) is 26.7 Å². The summed E-state index contributed by atoms with van der Waals surface area (Å²) in [7, 11) is 0. The van der Waals surface area contributed by atoms with Gasteiger partial charge in [-0.15, -0.1) is 0 Å². The van der Waals surface area contributed by atoms with Gasteiger partial charge in [0, 0.05) is 6.07 Å². The van der Waals surface area contributed by atoms with Crippen LogP contribution >= 0.6 is 27.5 Å². The minimum absolute atomic E-state index is 0.320. The average Bonchev–Trinajstić information content (AvgIpc) is 2.28. The molecule has 0 aromatic heterocycles. The van der Waals surface area contributed by atoms with E-state index in [0.717, 1.165) is 0 Å². The first kappa shape index (κ1) is 12.2. The van der Waals surface area contributed by atoms with Crippen LogP contribution < -0.4 is 10.5 Å². The molecule has 0 aliphatic heterocycles. The highest BCUT2D eigenvalue weighted by atomic mass is 79.9. The normalized spacial score (nSPS) is 10.3. The van der Waals surface area contributed by atoms with Gasteiger partial charge in [0.15, 0.2) is 5.75 Å². The fourth-order valence-corrected chi connectivity index (χ4v) is 1.85. The summed E-state index contributed by atoms with van der Waals surface area (Å²) in [5, 5.41) is 0.376. The first-order chi connectivity index (χ1) is 8.08. The molecule has 0 aliphatic carbocycles. The smallest absolute Gasteiger partial charge is 0.168 e. The van der Waals surface area contributed by atoms with Crippen LogP contribution in [0.15, 0.2) is 40.9 Å². The molecule has 0 unspecified atom stereocenters. The van der Waals surface area contributed by atoms with E-state index in [9.17, 15) is 4.39 Å². The Morgan fingerprint density at radius 2 is 2.00 bits per heavy atom. The molecule has 2 aromatic rings. The number of rotatable bonds is 2. The van der Waals surface area contributed by atoms with Crippen molar-refractivity contribution in [2.45, 2.75) is 0 Å². The molecule has 2 rings (SSSR count). The predicted octanol–water partition coefficient (Wildman–Crippen LogP) is 4.62. The first-order valence-corrected chi connectivity index (χ1v) is 5.92. The van der Waals surface area contributed by atoms with Gasteiger partial charge < -0.3 is 10.5 Å². The molecule has 0 spiro atoms. The van der Waals surface area contributed by atoms with E-state index in [1.807, 2.05) is 0 Å². The maximum atomic E-state index is 13.1. The van der Waals surface area contributed by atoms with Crippen LogP contribution in [0.2, 0.25) is 5.02 Å². The van der Waals surface area contributed by atoms with Crippen molar-refractivity contribution >= 4 is 33.2 Å². The summed E-state index contributed by atoms with van der Waals surface area (Å²) in [5.74, 6) is 0.249. The van der Waals surface area contributed by atoms with Crippen molar-refractivity contribution in [2.24, 2.45) is 0 Å². The molecule has 5 heteroatoms. The summed E-state index contributed by atoms with van der Waals surface area (Å²) in [6.45, 7) is 0. The van der Waals surface area contributed by atoms with Gasteiger partial charge in [-0.05, 0) is 40.2 Å². The van der Waals surface area contributed by atoms with Crippen molar-refractivity contribution < 1.29 is 9.13 Å². The fourth-order valence-electron chi connectivity index (χ4n) is 1.30. The van der Waals surface area contributed by atoms with Gasteiger partial charge in [-0.2, -0.15) is 0 Å². The number of benzene rings is 2. The highest BCUT2D eigenvalue weighted by Gasteiger charge is 2.10. The van der Waals surface area contributed by atoms with Crippen molar-refractivity contribution in [3.8, 4) is 11.5 Å². The van der Waals surface area contributed by atoms with E-state index in [1.165, 1.54) is 12.1 Å². The Labute approximate surface area is 111 Å². The zero-order valence-electron chi connectivity index (χ0n) is 8.58. The quantitative estimate of drug-likeness (QED) is 0.821. The zero-order valence-corrected chi connectivity index (χ0v) is 10.9.